The summed E-state index contributed by atoms with van der Waals surface area (Å²) < 4.78 is 14.3. The monoisotopic (exact) mass is 562 g/mol. The van der Waals surface area contributed by atoms with Crippen LogP contribution in [0.3, 0.4) is 0 Å². The summed E-state index contributed by atoms with van der Waals surface area (Å²) >= 11 is 13.6. The highest BCUT2D eigenvalue weighted by molar-refractivity contribution is 8.11. The molecule has 0 saturated heterocycles. The number of anilines is 1. The summed E-state index contributed by atoms with van der Waals surface area (Å²) in [5.41, 5.74) is 4.03. The molecule has 1 aromatic carbocycles. The number of aliphatic imine (C=N–C) groups is 2. The quantitative estimate of drug-likeness (QED) is 0.116. The van der Waals surface area contributed by atoms with Crippen LogP contribution in [0.4, 0.5) is 15.8 Å². The van der Waals surface area contributed by atoms with Crippen molar-refractivity contribution in [3.05, 3.63) is 63.6 Å². The van der Waals surface area contributed by atoms with Gasteiger partial charge < -0.3 is 20.1 Å². The minimum atomic E-state index is -0.319. The Morgan fingerprint density at radius 3 is 2.59 bits per heavy atom. The van der Waals surface area contributed by atoms with Gasteiger partial charge in [-0.2, -0.15) is 0 Å². The Hall–Kier alpha value is -2.79. The number of halogens is 2. The summed E-state index contributed by atoms with van der Waals surface area (Å²) in [7, 11) is 7.56. The molecule has 0 atom stereocenters. The molecular weight excluding hydrogens is 531 g/mol. The van der Waals surface area contributed by atoms with E-state index in [1.807, 2.05) is 26.0 Å². The molecule has 0 saturated carbocycles. The van der Waals surface area contributed by atoms with Gasteiger partial charge in [-0.1, -0.05) is 41.7 Å². The second kappa shape index (κ2) is 16.1. The van der Waals surface area contributed by atoms with E-state index in [1.165, 1.54) is 24.3 Å². The number of carbonyl (C=O) groups is 1. The number of thiocarbonyl (C=S) groups is 1. The second-order valence-corrected chi connectivity index (χ2v) is 9.63. The number of allylic oxidation sites excluding steroid dienone is 2. The van der Waals surface area contributed by atoms with Crippen LogP contribution in [0.15, 0.2) is 50.8 Å². The zero-order chi connectivity index (χ0) is 27.2. The average molecular weight is 563 g/mol. The van der Waals surface area contributed by atoms with Crippen molar-refractivity contribution in [3.8, 4) is 0 Å². The smallest absolute Gasteiger partial charge is 0.150 e. The molecule has 1 aliphatic heterocycles. The van der Waals surface area contributed by atoms with E-state index in [0.29, 0.717) is 18.3 Å². The topological polar surface area (TPSA) is 74.0 Å². The van der Waals surface area contributed by atoms with E-state index in [2.05, 4.69) is 31.7 Å². The van der Waals surface area contributed by atoms with Crippen LogP contribution in [0, 0.1) is 5.82 Å². The molecule has 0 spiro atoms. The van der Waals surface area contributed by atoms with Gasteiger partial charge in [0.05, 0.1) is 34.7 Å². The number of nitrogens with one attached hydrogen (secondary N) is 2. The Kier molecular flexibility index (Phi) is 13.3. The van der Waals surface area contributed by atoms with Crippen LogP contribution in [0.2, 0.25) is 0 Å². The van der Waals surface area contributed by atoms with Gasteiger partial charge in [0.25, 0.3) is 0 Å². The first-order valence-corrected chi connectivity index (χ1v) is 13.3. The third-order valence-corrected chi connectivity index (χ3v) is 6.68. The lowest BCUT2D eigenvalue weighted by atomic mass is 10.2. The summed E-state index contributed by atoms with van der Waals surface area (Å²) in [4.78, 5) is 21.7. The summed E-state index contributed by atoms with van der Waals surface area (Å²) in [5, 5.41) is 11.0. The van der Waals surface area contributed by atoms with Gasteiger partial charge in [-0.25, -0.2) is 9.38 Å². The van der Waals surface area contributed by atoms with Crippen LogP contribution in [0.25, 0.3) is 4.91 Å². The highest BCUT2D eigenvalue weighted by atomic mass is 35.5. The molecule has 1 aromatic heterocycles. The lowest BCUT2D eigenvalue weighted by molar-refractivity contribution is 0.112. The molecular formula is C26H32ClFN6OS2. The summed E-state index contributed by atoms with van der Waals surface area (Å²) in [6.07, 6.45) is 7.86. The molecule has 1 aliphatic rings. The second-order valence-electron chi connectivity index (χ2n) is 8.02. The maximum atomic E-state index is 12.1. The number of hydrogen-bond donors (Lipinski definition) is 2. The molecule has 0 bridgehead atoms. The van der Waals surface area contributed by atoms with Crippen LogP contribution < -0.4 is 10.6 Å². The number of aromatic nitrogens is 1. The van der Waals surface area contributed by atoms with Crippen molar-refractivity contribution in [1.82, 2.24) is 14.8 Å². The van der Waals surface area contributed by atoms with Gasteiger partial charge in [0, 0.05) is 50.1 Å². The molecule has 7 nitrogen and oxygen atoms in total. The third kappa shape index (κ3) is 8.92. The minimum absolute atomic E-state index is 0.319. The number of carbonyl (C=O) groups excluding carboxylic acids is 1. The highest BCUT2D eigenvalue weighted by Gasteiger charge is 2.26. The van der Waals surface area contributed by atoms with Gasteiger partial charge in [-0.15, -0.1) is 0 Å². The van der Waals surface area contributed by atoms with Crippen LogP contribution in [-0.4, -0.2) is 68.5 Å². The van der Waals surface area contributed by atoms with Gasteiger partial charge in [0.1, 0.15) is 17.8 Å². The van der Waals surface area contributed by atoms with Gasteiger partial charge in [-0.3, -0.25) is 9.79 Å². The van der Waals surface area contributed by atoms with E-state index in [0.717, 1.165) is 52.2 Å². The van der Waals surface area contributed by atoms with Crippen molar-refractivity contribution in [2.75, 3.05) is 40.1 Å². The third-order valence-electron chi connectivity index (χ3n) is 5.00. The van der Waals surface area contributed by atoms with Crippen LogP contribution in [-0.2, 0) is 6.54 Å². The molecule has 0 radical (unpaired) electrons. The molecule has 2 N–H and O–H groups in total. The van der Waals surface area contributed by atoms with E-state index in [-0.39, 0.29) is 5.82 Å². The molecule has 0 amide bonds. The van der Waals surface area contributed by atoms with Crippen molar-refractivity contribution in [2.45, 2.75) is 19.4 Å². The van der Waals surface area contributed by atoms with Crippen LogP contribution in [0.1, 0.15) is 34.6 Å². The molecule has 2 heterocycles. The number of benzene rings is 1. The van der Waals surface area contributed by atoms with E-state index in [9.17, 15) is 9.18 Å². The normalized spacial score (nSPS) is 13.1. The molecule has 0 unspecified atom stereocenters. The molecule has 37 heavy (non-hydrogen) atoms. The Balaban J connectivity index is 0.000000449. The first-order chi connectivity index (χ1) is 17.9. The van der Waals surface area contributed by atoms with E-state index < -0.39 is 0 Å². The van der Waals surface area contributed by atoms with Gasteiger partial charge in [0.2, 0.25) is 0 Å². The molecule has 11 heteroatoms. The lowest BCUT2D eigenvalue weighted by Gasteiger charge is -2.17. The number of thioether (sulfide) groups is 1. The number of aldehydes is 1. The van der Waals surface area contributed by atoms with Gasteiger partial charge in [0.15, 0.2) is 0 Å². The van der Waals surface area contributed by atoms with Crippen molar-refractivity contribution < 1.29 is 9.18 Å². The molecule has 0 aliphatic carbocycles. The Labute approximate surface area is 232 Å². The fourth-order valence-corrected chi connectivity index (χ4v) is 4.76. The lowest BCUT2D eigenvalue weighted by Crippen LogP contribution is -2.14. The summed E-state index contributed by atoms with van der Waals surface area (Å²) in [5.74, 6) is -0.319. The molecule has 198 valence electrons. The summed E-state index contributed by atoms with van der Waals surface area (Å²) in [6.45, 7) is 1.70. The Morgan fingerprint density at radius 1 is 1.30 bits per heavy atom. The first kappa shape index (κ1) is 30.4. The fraction of sp³-hybridized carbons (Fsp3) is 0.308. The van der Waals surface area contributed by atoms with E-state index >= 15 is 0 Å². The molecule has 2 aromatic rings. The van der Waals surface area contributed by atoms with Crippen LogP contribution in [0.5, 0.6) is 0 Å². The first-order valence-electron chi connectivity index (χ1n) is 11.5. The predicted molar refractivity (Wildman–Crippen MR) is 162 cm³/mol. The minimum Gasteiger partial charge on any atom is -0.369 e. The number of rotatable bonds is 11. The van der Waals surface area contributed by atoms with Crippen molar-refractivity contribution >= 4 is 76.2 Å². The van der Waals surface area contributed by atoms with E-state index in [4.69, 9.17) is 28.8 Å². The average Bonchev–Trinajstić information content (AvgIpc) is 3.19. The standard InChI is InChI=1S/C19H27ClN6S2.C7H5FO/c1-21-8-6-9-26-15(11-27)16(23-12-22-2)17(24-13-25(3)4)18(26)19-14(20)7-5-10-28-19;8-7-3-1-6(5-9)2-4-7/h5,10-13,21H,6-9H2,1-4H3,(H,22,23);1-5H. The maximum absolute atomic E-state index is 12.1. The highest BCUT2D eigenvalue weighted by Crippen LogP contribution is 2.47. The fourth-order valence-electron chi connectivity index (χ4n) is 3.34. The zero-order valence-corrected chi connectivity index (χ0v) is 23.8. The number of hydrogen-bond acceptors (Lipinski definition) is 6. The van der Waals surface area contributed by atoms with Crippen molar-refractivity contribution in [2.24, 2.45) is 9.98 Å². The predicted octanol–water partition coefficient (Wildman–Crippen LogP) is 5.93. The van der Waals surface area contributed by atoms with Gasteiger partial charge in [-0.05, 0) is 49.7 Å². The largest absolute Gasteiger partial charge is 0.369 e. The van der Waals surface area contributed by atoms with E-state index in [1.54, 1.807) is 36.9 Å². The molecule has 0 fully saturated rings. The zero-order valence-electron chi connectivity index (χ0n) is 21.4. The summed E-state index contributed by atoms with van der Waals surface area (Å²) in [6, 6.07) is 5.37. The number of nitrogens with zero attached hydrogens (tertiary/aromatic N) is 4. The Bertz CT molecular complexity index is 1170. The van der Waals surface area contributed by atoms with Crippen LogP contribution >= 0.6 is 35.6 Å². The molecule has 3 rings (SSSR count). The van der Waals surface area contributed by atoms with Gasteiger partial charge >= 0.3 is 0 Å². The van der Waals surface area contributed by atoms with Crippen molar-refractivity contribution in [3.63, 3.8) is 0 Å². The SMILES string of the molecule is CN=CNc1c(N=CN(C)C)c(C2=C(Cl)CC=CS2)n(CCCNC)c1C=S.O=Cc1ccc(F)cc1. The Morgan fingerprint density at radius 2 is 2.03 bits per heavy atom. The maximum Gasteiger partial charge on any atom is 0.150 e. The van der Waals surface area contributed by atoms with Crippen molar-refractivity contribution in [1.29, 1.82) is 0 Å².